The number of hydrogen-bond acceptors (Lipinski definition) is 5. The second-order valence-corrected chi connectivity index (χ2v) is 8.34. The molecule has 2 aliphatic rings. The topological polar surface area (TPSA) is 99.6 Å². The first kappa shape index (κ1) is 20.5. The van der Waals surface area contributed by atoms with Crippen LogP contribution in [-0.4, -0.2) is 12.5 Å². The second-order valence-electron chi connectivity index (χ2n) is 8.34. The minimum absolute atomic E-state index is 0.0143. The summed E-state index contributed by atoms with van der Waals surface area (Å²) in [4.78, 5) is 12.4. The van der Waals surface area contributed by atoms with Crippen molar-refractivity contribution in [3.63, 3.8) is 0 Å². The van der Waals surface area contributed by atoms with E-state index in [1.165, 1.54) is 0 Å². The van der Waals surface area contributed by atoms with Gasteiger partial charge in [-0.2, -0.15) is 0 Å². The maximum absolute atomic E-state index is 12.4. The predicted octanol–water partition coefficient (Wildman–Crippen LogP) is 4.65. The number of amides is 1. The molecule has 1 amide bonds. The number of carbonyl (C=O) groups excluding carboxylic acids is 1. The quantitative estimate of drug-likeness (QED) is 0.391. The molecule has 0 saturated heterocycles. The number of fused-ring (bicyclic) bond motifs is 6. The number of nitrogens with one attached hydrogen (secondary N) is 1. The molecule has 3 aromatic carbocycles. The number of unbranched alkanes of at least 4 members (excludes halogenated alkanes) is 2. The number of hydrogen-bond donors (Lipinski definition) is 3. The molecule has 1 atom stereocenters. The van der Waals surface area contributed by atoms with Gasteiger partial charge in [0.1, 0.15) is 11.5 Å². The molecule has 1 unspecified atom stereocenters. The van der Waals surface area contributed by atoms with Gasteiger partial charge in [0.15, 0.2) is 5.60 Å². The maximum atomic E-state index is 12.4. The fraction of sp³-hybridized carbons (Fsp3) is 0.269. The molecule has 6 heteroatoms. The van der Waals surface area contributed by atoms with Crippen molar-refractivity contribution < 1.29 is 14.3 Å². The molecule has 0 aromatic heterocycles. The molecule has 3 aromatic rings. The smallest absolute Gasteiger partial charge is 0.224 e. The van der Waals surface area contributed by atoms with Crippen molar-refractivity contribution in [2.24, 2.45) is 5.73 Å². The molecular weight excluding hydrogens is 402 g/mol. The van der Waals surface area contributed by atoms with Gasteiger partial charge in [-0.3, -0.25) is 4.79 Å². The Morgan fingerprint density at radius 2 is 1.72 bits per heavy atom. The van der Waals surface area contributed by atoms with Crippen molar-refractivity contribution in [1.82, 2.24) is 0 Å². The van der Waals surface area contributed by atoms with Gasteiger partial charge in [-0.1, -0.05) is 30.7 Å². The summed E-state index contributed by atoms with van der Waals surface area (Å²) < 4.78 is 12.8. The van der Waals surface area contributed by atoms with Crippen LogP contribution in [0.3, 0.4) is 0 Å². The van der Waals surface area contributed by atoms with E-state index in [0.29, 0.717) is 42.4 Å². The fourth-order valence-corrected chi connectivity index (χ4v) is 4.68. The molecule has 5 N–H and O–H groups in total. The molecule has 0 bridgehead atoms. The van der Waals surface area contributed by atoms with E-state index in [-0.39, 0.29) is 5.91 Å². The van der Waals surface area contributed by atoms with E-state index in [0.717, 1.165) is 41.5 Å². The number of rotatable bonds is 6. The van der Waals surface area contributed by atoms with Crippen LogP contribution in [-0.2, 0) is 21.7 Å². The van der Waals surface area contributed by atoms with Crippen molar-refractivity contribution in [3.8, 4) is 11.5 Å². The summed E-state index contributed by atoms with van der Waals surface area (Å²) in [6.07, 6.45) is 3.18. The summed E-state index contributed by atoms with van der Waals surface area (Å²) in [7, 11) is 0. The number of nitrogens with two attached hydrogens (primary N) is 2. The molecule has 2 heterocycles. The van der Waals surface area contributed by atoms with E-state index in [4.69, 9.17) is 20.9 Å². The zero-order valence-corrected chi connectivity index (χ0v) is 17.9. The largest absolute Gasteiger partial charge is 0.456 e. The molecule has 164 valence electrons. The van der Waals surface area contributed by atoms with Gasteiger partial charge >= 0.3 is 0 Å². The molecule has 5 rings (SSSR count). The van der Waals surface area contributed by atoms with E-state index in [9.17, 15) is 4.79 Å². The first-order valence-electron chi connectivity index (χ1n) is 11.1. The Hall–Kier alpha value is -3.35. The molecule has 0 saturated carbocycles. The van der Waals surface area contributed by atoms with Crippen LogP contribution in [0.15, 0.2) is 60.7 Å². The molecule has 1 spiro atoms. The first-order chi connectivity index (χ1) is 15.6. The molecule has 2 aliphatic heterocycles. The first-order valence-corrected chi connectivity index (χ1v) is 11.1. The van der Waals surface area contributed by atoms with Gasteiger partial charge in [-0.15, -0.1) is 0 Å². The maximum Gasteiger partial charge on any atom is 0.224 e. The number of carbonyl (C=O) groups is 1. The summed E-state index contributed by atoms with van der Waals surface area (Å²) in [5, 5.41) is 2.99. The van der Waals surface area contributed by atoms with Crippen LogP contribution in [0.1, 0.15) is 47.9 Å². The Morgan fingerprint density at radius 1 is 0.938 bits per heavy atom. The number of benzene rings is 3. The van der Waals surface area contributed by atoms with Gasteiger partial charge in [0.2, 0.25) is 5.91 Å². The van der Waals surface area contributed by atoms with Crippen LogP contribution in [0.2, 0.25) is 0 Å². The predicted molar refractivity (Wildman–Crippen MR) is 125 cm³/mol. The van der Waals surface area contributed by atoms with Crippen LogP contribution in [0, 0.1) is 0 Å². The van der Waals surface area contributed by atoms with Crippen LogP contribution in [0.4, 0.5) is 11.4 Å². The summed E-state index contributed by atoms with van der Waals surface area (Å²) >= 11 is 0. The zero-order valence-electron chi connectivity index (χ0n) is 17.9. The normalized spacial score (nSPS) is 17.9. The van der Waals surface area contributed by atoms with E-state index in [1.807, 2.05) is 48.5 Å². The monoisotopic (exact) mass is 429 g/mol. The Morgan fingerprint density at radius 3 is 2.56 bits per heavy atom. The van der Waals surface area contributed by atoms with Crippen molar-refractivity contribution in [2.75, 3.05) is 17.6 Å². The zero-order chi connectivity index (χ0) is 22.1. The standard InChI is InChI=1S/C26H27N3O3/c27-13-5-1-2-8-25(30)29-19-10-12-22-24(15-19)32-23-14-18(28)9-11-21(23)26(22)20-7-4-3-6-17(20)16-31-26/h3-4,6-7,9-12,14-15H,1-2,5,8,13,16,27-28H2,(H,29,30). The SMILES string of the molecule is NCCCCCC(=O)Nc1ccc2c(c1)Oc1cc(N)ccc1C21OCc2ccccc21. The van der Waals surface area contributed by atoms with Crippen molar-refractivity contribution >= 4 is 17.3 Å². The average molecular weight is 430 g/mol. The molecule has 0 fully saturated rings. The lowest BCUT2D eigenvalue weighted by Crippen LogP contribution is -2.32. The van der Waals surface area contributed by atoms with Crippen LogP contribution < -0.4 is 21.5 Å². The van der Waals surface area contributed by atoms with Crippen LogP contribution in [0.5, 0.6) is 11.5 Å². The third-order valence-corrected chi connectivity index (χ3v) is 6.20. The summed E-state index contributed by atoms with van der Waals surface area (Å²) in [6, 6.07) is 19.7. The third-order valence-electron chi connectivity index (χ3n) is 6.20. The minimum Gasteiger partial charge on any atom is -0.456 e. The average Bonchev–Trinajstić information content (AvgIpc) is 3.17. The van der Waals surface area contributed by atoms with Crippen LogP contribution in [0.25, 0.3) is 0 Å². The lowest BCUT2D eigenvalue weighted by atomic mass is 9.77. The lowest BCUT2D eigenvalue weighted by Gasteiger charge is -2.37. The summed E-state index contributed by atoms with van der Waals surface area (Å²) in [5.74, 6) is 1.31. The van der Waals surface area contributed by atoms with Gasteiger partial charge < -0.3 is 26.3 Å². The highest BCUT2D eigenvalue weighted by Crippen LogP contribution is 2.56. The van der Waals surface area contributed by atoms with Gasteiger partial charge in [0.05, 0.1) is 6.61 Å². The van der Waals surface area contributed by atoms with Crippen molar-refractivity contribution in [1.29, 1.82) is 0 Å². The highest BCUT2D eigenvalue weighted by atomic mass is 16.5. The van der Waals surface area contributed by atoms with E-state index < -0.39 is 5.60 Å². The number of anilines is 2. The van der Waals surface area contributed by atoms with Gasteiger partial charge in [0.25, 0.3) is 0 Å². The van der Waals surface area contributed by atoms with Gasteiger partial charge in [0, 0.05) is 41.1 Å². The molecule has 6 nitrogen and oxygen atoms in total. The van der Waals surface area contributed by atoms with Gasteiger partial charge in [-0.25, -0.2) is 0 Å². The number of ether oxygens (including phenoxy) is 2. The van der Waals surface area contributed by atoms with E-state index >= 15 is 0 Å². The minimum atomic E-state index is -0.766. The molecule has 0 aliphatic carbocycles. The Balaban J connectivity index is 1.52. The van der Waals surface area contributed by atoms with Gasteiger partial charge in [-0.05, 0) is 54.8 Å². The fourth-order valence-electron chi connectivity index (χ4n) is 4.68. The second kappa shape index (κ2) is 8.30. The summed E-state index contributed by atoms with van der Waals surface area (Å²) in [5.41, 5.74) is 16.2. The van der Waals surface area contributed by atoms with Crippen molar-refractivity contribution in [2.45, 2.75) is 37.9 Å². The molecular formula is C26H27N3O3. The van der Waals surface area contributed by atoms with Crippen molar-refractivity contribution in [3.05, 3.63) is 82.9 Å². The lowest BCUT2D eigenvalue weighted by molar-refractivity contribution is -0.116. The Bertz CT molecular complexity index is 1180. The third kappa shape index (κ3) is 3.42. The highest BCUT2D eigenvalue weighted by Gasteiger charge is 2.49. The Kier molecular flexibility index (Phi) is 5.33. The van der Waals surface area contributed by atoms with Crippen LogP contribution >= 0.6 is 0 Å². The summed E-state index contributed by atoms with van der Waals surface area (Å²) in [6.45, 7) is 1.17. The highest BCUT2D eigenvalue weighted by molar-refractivity contribution is 5.91. The number of nitrogen functional groups attached to an aromatic ring is 1. The van der Waals surface area contributed by atoms with E-state index in [2.05, 4.69) is 17.4 Å². The van der Waals surface area contributed by atoms with E-state index in [1.54, 1.807) is 0 Å². The Labute approximate surface area is 187 Å². The molecule has 0 radical (unpaired) electrons. The molecule has 32 heavy (non-hydrogen) atoms.